The quantitative estimate of drug-likeness (QED) is 0.0786. The van der Waals surface area contributed by atoms with Crippen LogP contribution in [-0.2, 0) is 19.3 Å². The van der Waals surface area contributed by atoms with Crippen LogP contribution in [0.4, 0.5) is 0 Å². The molecule has 0 heteroatoms. The molecule has 0 nitrogen and oxygen atoms in total. The molecule has 0 saturated carbocycles. The first-order chi connectivity index (χ1) is 19.3. The Balaban J connectivity index is 2.40. The van der Waals surface area contributed by atoms with Crippen molar-refractivity contribution in [2.24, 2.45) is 0 Å². The Morgan fingerprint density at radius 1 is 0.359 bits per heavy atom. The van der Waals surface area contributed by atoms with E-state index in [1.54, 1.807) is 16.7 Å². The van der Waals surface area contributed by atoms with E-state index in [0.29, 0.717) is 0 Å². The lowest BCUT2D eigenvalue weighted by molar-refractivity contribution is 0.576. The number of hydrogen-bond donors (Lipinski definition) is 0. The van der Waals surface area contributed by atoms with Crippen LogP contribution in [-0.4, -0.2) is 0 Å². The van der Waals surface area contributed by atoms with Crippen LogP contribution in [0, 0.1) is 37.0 Å². The van der Waals surface area contributed by atoms with Gasteiger partial charge in [0, 0.05) is 19.3 Å². The van der Waals surface area contributed by atoms with E-state index in [9.17, 15) is 0 Å². The molecule has 0 N–H and O–H groups in total. The van der Waals surface area contributed by atoms with E-state index < -0.39 is 0 Å². The number of terminal acetylenes is 3. The fourth-order valence-electron chi connectivity index (χ4n) is 5.60. The number of benzene rings is 1. The predicted molar refractivity (Wildman–Crippen MR) is 175 cm³/mol. The topological polar surface area (TPSA) is 0 Å². The molecule has 0 spiro atoms. The first-order valence-corrected chi connectivity index (χ1v) is 16.7. The summed E-state index contributed by atoms with van der Waals surface area (Å²) in [6, 6.07) is 7.47. The second-order valence-electron chi connectivity index (χ2n) is 11.6. The molecule has 0 radical (unpaired) electrons. The first kappa shape index (κ1) is 34.9. The molecule has 0 saturated heterocycles. The van der Waals surface area contributed by atoms with Crippen LogP contribution in [0.1, 0.15) is 171 Å². The highest BCUT2D eigenvalue weighted by molar-refractivity contribution is 5.32. The van der Waals surface area contributed by atoms with Gasteiger partial charge in [-0.3, -0.25) is 0 Å². The average Bonchev–Trinajstić information content (AvgIpc) is 2.95. The molecular formula is C39H60. The van der Waals surface area contributed by atoms with Gasteiger partial charge in [-0.1, -0.05) is 115 Å². The van der Waals surface area contributed by atoms with Crippen molar-refractivity contribution >= 4 is 0 Å². The fraction of sp³-hybridized carbons (Fsp3) is 0.692. The first-order valence-electron chi connectivity index (χ1n) is 16.7. The normalized spacial score (nSPS) is 10.7. The monoisotopic (exact) mass is 528 g/mol. The molecule has 0 amide bonds. The Kier molecular flexibility index (Phi) is 24.6. The van der Waals surface area contributed by atoms with Gasteiger partial charge in [-0.25, -0.2) is 0 Å². The van der Waals surface area contributed by atoms with E-state index in [4.69, 9.17) is 19.3 Å². The van der Waals surface area contributed by atoms with Crippen molar-refractivity contribution in [3.63, 3.8) is 0 Å². The Morgan fingerprint density at radius 3 is 1.10 bits per heavy atom. The van der Waals surface area contributed by atoms with Crippen LogP contribution in [0.5, 0.6) is 0 Å². The molecule has 0 unspecified atom stereocenters. The summed E-state index contributed by atoms with van der Waals surface area (Å²) in [5.41, 5.74) is 4.82. The van der Waals surface area contributed by atoms with E-state index in [2.05, 4.69) is 36.0 Å². The molecule has 1 aromatic rings. The van der Waals surface area contributed by atoms with Crippen LogP contribution >= 0.6 is 0 Å². The summed E-state index contributed by atoms with van der Waals surface area (Å²) in [6.07, 6.45) is 50.4. The molecule has 0 aliphatic heterocycles. The van der Waals surface area contributed by atoms with Crippen LogP contribution < -0.4 is 0 Å². The van der Waals surface area contributed by atoms with E-state index >= 15 is 0 Å². The van der Waals surface area contributed by atoms with E-state index in [1.807, 2.05) is 0 Å². The van der Waals surface area contributed by atoms with Gasteiger partial charge in [-0.05, 0) is 74.5 Å². The summed E-state index contributed by atoms with van der Waals surface area (Å²) in [5, 5.41) is 0. The molecule has 0 aromatic heterocycles. The zero-order valence-electron chi connectivity index (χ0n) is 25.6. The van der Waals surface area contributed by atoms with E-state index in [0.717, 1.165) is 19.3 Å². The van der Waals surface area contributed by atoms with Crippen LogP contribution in [0.15, 0.2) is 18.2 Å². The number of aryl methyl sites for hydroxylation is 3. The van der Waals surface area contributed by atoms with Gasteiger partial charge >= 0.3 is 0 Å². The van der Waals surface area contributed by atoms with Crippen LogP contribution in [0.2, 0.25) is 0 Å². The zero-order chi connectivity index (χ0) is 28.1. The lowest BCUT2D eigenvalue weighted by Gasteiger charge is -2.13. The predicted octanol–water partition coefficient (Wildman–Crippen LogP) is 11.6. The summed E-state index contributed by atoms with van der Waals surface area (Å²) < 4.78 is 0. The van der Waals surface area contributed by atoms with E-state index in [-0.39, 0.29) is 0 Å². The Bertz CT molecular complexity index is 808. The minimum absolute atomic E-state index is 0.943. The molecule has 1 rings (SSSR count). The summed E-state index contributed by atoms with van der Waals surface area (Å²) in [7, 11) is 0. The number of rotatable bonds is 27. The fourth-order valence-corrected chi connectivity index (χ4v) is 5.60. The van der Waals surface area contributed by atoms with Crippen LogP contribution in [0.25, 0.3) is 0 Å². The molecular weight excluding hydrogens is 468 g/mol. The summed E-state index contributed by atoms with van der Waals surface area (Å²) in [5.74, 6) is 8.27. The minimum Gasteiger partial charge on any atom is -0.120 e. The van der Waals surface area contributed by atoms with Gasteiger partial charge in [-0.15, -0.1) is 37.0 Å². The summed E-state index contributed by atoms with van der Waals surface area (Å²) in [6.45, 7) is 0. The zero-order valence-corrected chi connectivity index (χ0v) is 25.6. The average molecular weight is 529 g/mol. The lowest BCUT2D eigenvalue weighted by Crippen LogP contribution is -1.98. The van der Waals surface area contributed by atoms with Crippen molar-refractivity contribution in [3.8, 4) is 37.0 Å². The maximum atomic E-state index is 5.36. The van der Waals surface area contributed by atoms with Gasteiger partial charge in [0.15, 0.2) is 0 Å². The van der Waals surface area contributed by atoms with Gasteiger partial charge < -0.3 is 0 Å². The van der Waals surface area contributed by atoms with Crippen molar-refractivity contribution in [2.75, 3.05) is 0 Å². The second kappa shape index (κ2) is 27.5. The van der Waals surface area contributed by atoms with Gasteiger partial charge in [0.2, 0.25) is 0 Å². The molecule has 0 aliphatic carbocycles. The third-order valence-corrected chi connectivity index (χ3v) is 8.09. The third kappa shape index (κ3) is 21.4. The van der Waals surface area contributed by atoms with Gasteiger partial charge in [0.1, 0.15) is 0 Å². The Hall–Kier alpha value is -2.10. The second-order valence-corrected chi connectivity index (χ2v) is 11.6. The largest absolute Gasteiger partial charge is 0.120 e. The minimum atomic E-state index is 0.943. The highest BCUT2D eigenvalue weighted by Gasteiger charge is 2.06. The Morgan fingerprint density at radius 2 is 0.692 bits per heavy atom. The molecule has 0 bridgehead atoms. The molecule has 0 aliphatic rings. The number of hydrogen-bond acceptors (Lipinski definition) is 0. The highest BCUT2D eigenvalue weighted by atomic mass is 14.1. The summed E-state index contributed by atoms with van der Waals surface area (Å²) in [4.78, 5) is 0. The van der Waals surface area contributed by atoms with Crippen LogP contribution in [0.3, 0.4) is 0 Å². The smallest absolute Gasteiger partial charge is 0.00860 e. The van der Waals surface area contributed by atoms with Crippen molar-refractivity contribution < 1.29 is 0 Å². The van der Waals surface area contributed by atoms with Gasteiger partial charge in [-0.2, -0.15) is 0 Å². The molecule has 0 heterocycles. The molecule has 216 valence electrons. The highest BCUT2D eigenvalue weighted by Crippen LogP contribution is 2.21. The molecule has 0 fully saturated rings. The molecule has 0 atom stereocenters. The van der Waals surface area contributed by atoms with Crippen molar-refractivity contribution in [1.82, 2.24) is 0 Å². The number of unbranched alkanes of at least 4 members (excludes halogenated alkanes) is 21. The molecule has 39 heavy (non-hydrogen) atoms. The van der Waals surface area contributed by atoms with Gasteiger partial charge in [0.25, 0.3) is 0 Å². The lowest BCUT2D eigenvalue weighted by atomic mass is 9.93. The van der Waals surface area contributed by atoms with Crippen molar-refractivity contribution in [2.45, 2.75) is 173 Å². The summed E-state index contributed by atoms with van der Waals surface area (Å²) >= 11 is 0. The maximum Gasteiger partial charge on any atom is 0.00860 e. The maximum absolute atomic E-state index is 5.36. The van der Waals surface area contributed by atoms with E-state index in [1.165, 1.54) is 154 Å². The van der Waals surface area contributed by atoms with Gasteiger partial charge in [0.05, 0.1) is 0 Å². The Labute approximate surface area is 244 Å². The van der Waals surface area contributed by atoms with Crippen molar-refractivity contribution in [3.05, 3.63) is 34.9 Å². The third-order valence-electron chi connectivity index (χ3n) is 8.09. The SMILES string of the molecule is C#CCCCCCCCCCc1ccc(CCCCCCCCCC#C)c(CCCCCCCCCC#C)c1. The standard InChI is InChI=1S/C39H60/c1-4-7-10-13-16-19-22-25-28-31-37-34-35-38(32-29-26-23-20-17-14-11-8-5-2)39(36-37)33-30-27-24-21-18-15-12-9-6-3/h1-3,34-36H,7-33H2. The molecule has 1 aromatic carbocycles. The van der Waals surface area contributed by atoms with Crippen molar-refractivity contribution in [1.29, 1.82) is 0 Å².